The summed E-state index contributed by atoms with van der Waals surface area (Å²) in [5, 5.41) is 17.4. The van der Waals surface area contributed by atoms with Gasteiger partial charge >= 0.3 is 0 Å². The lowest BCUT2D eigenvalue weighted by molar-refractivity contribution is -0.116. The normalized spacial score (nSPS) is 15.6. The number of phenolic OH excluding ortho intramolecular Hbond substituents is 1. The number of fused-ring (bicyclic) bond motifs is 1. The van der Waals surface area contributed by atoms with Crippen LogP contribution in [0.5, 0.6) is 17.2 Å². The summed E-state index contributed by atoms with van der Waals surface area (Å²) in [5.74, 6) is 1.64. The highest BCUT2D eigenvalue weighted by molar-refractivity contribution is 5.94. The van der Waals surface area contributed by atoms with Gasteiger partial charge in [-0.1, -0.05) is 6.07 Å². The first-order valence-corrected chi connectivity index (χ1v) is 9.08. The van der Waals surface area contributed by atoms with E-state index < -0.39 is 0 Å². The Labute approximate surface area is 162 Å². The highest BCUT2D eigenvalue weighted by atomic mass is 16.5. The van der Waals surface area contributed by atoms with Crippen LogP contribution in [0.2, 0.25) is 0 Å². The Bertz CT molecular complexity index is 1010. The fourth-order valence-corrected chi connectivity index (χ4v) is 3.45. The molecule has 0 fully saturated rings. The monoisotopic (exact) mass is 379 g/mol. The molecular weight excluding hydrogens is 358 g/mol. The molecule has 0 spiro atoms. The van der Waals surface area contributed by atoms with E-state index in [-0.39, 0.29) is 17.6 Å². The second-order valence-corrected chi connectivity index (χ2v) is 6.52. The summed E-state index contributed by atoms with van der Waals surface area (Å²) < 4.78 is 12.4. The molecule has 1 atom stereocenters. The number of hydrogen-bond acceptors (Lipinski definition) is 5. The predicted octanol–water partition coefficient (Wildman–Crippen LogP) is 3.46. The predicted molar refractivity (Wildman–Crippen MR) is 104 cm³/mol. The van der Waals surface area contributed by atoms with Crippen LogP contribution in [0.15, 0.2) is 48.7 Å². The minimum atomic E-state index is -0.171. The number of anilines is 1. The minimum Gasteiger partial charge on any atom is -0.504 e. The van der Waals surface area contributed by atoms with Crippen LogP contribution >= 0.6 is 0 Å². The lowest BCUT2D eigenvalue weighted by Crippen LogP contribution is -2.24. The molecule has 2 N–H and O–H groups in total. The number of carbonyl (C=O) groups excluding carboxylic acids is 1. The lowest BCUT2D eigenvalue weighted by Gasteiger charge is -2.24. The summed E-state index contributed by atoms with van der Waals surface area (Å²) in [7, 11) is 1.61. The molecule has 1 unspecified atom stereocenters. The average molecular weight is 379 g/mol. The Morgan fingerprint density at radius 2 is 2.04 bits per heavy atom. The first-order valence-electron chi connectivity index (χ1n) is 9.08. The molecule has 2 heterocycles. The van der Waals surface area contributed by atoms with Gasteiger partial charge in [0.05, 0.1) is 25.6 Å². The molecule has 0 bridgehead atoms. The second kappa shape index (κ2) is 7.26. The maximum atomic E-state index is 12.4. The van der Waals surface area contributed by atoms with Crippen molar-refractivity contribution in [3.05, 3.63) is 59.8 Å². The van der Waals surface area contributed by atoms with Gasteiger partial charge < -0.3 is 19.9 Å². The van der Waals surface area contributed by atoms with E-state index in [1.165, 1.54) is 0 Å². The van der Waals surface area contributed by atoms with Crippen LogP contribution in [-0.4, -0.2) is 34.5 Å². The van der Waals surface area contributed by atoms with E-state index in [0.717, 1.165) is 22.6 Å². The van der Waals surface area contributed by atoms with Gasteiger partial charge in [0.15, 0.2) is 11.5 Å². The van der Waals surface area contributed by atoms with Gasteiger partial charge in [-0.05, 0) is 48.9 Å². The Morgan fingerprint density at radius 3 is 2.75 bits per heavy atom. The third-order valence-corrected chi connectivity index (χ3v) is 4.82. The maximum Gasteiger partial charge on any atom is 0.226 e. The Kier molecular flexibility index (Phi) is 4.65. The molecular formula is C21H21N3O4. The fourth-order valence-electron chi connectivity index (χ4n) is 3.45. The molecule has 1 aliphatic heterocycles. The highest BCUT2D eigenvalue weighted by Crippen LogP contribution is 2.40. The SMILES string of the molecule is CCOc1cc(C2CC(=O)Nc3c2cnn3-c2ccc(OC)cc2)ccc1O. The summed E-state index contributed by atoms with van der Waals surface area (Å²) in [6.07, 6.45) is 2.08. The molecule has 1 amide bonds. The molecule has 0 radical (unpaired) electrons. The topological polar surface area (TPSA) is 85.6 Å². The third-order valence-electron chi connectivity index (χ3n) is 4.82. The number of ether oxygens (including phenoxy) is 2. The number of carbonyl (C=O) groups is 1. The van der Waals surface area contributed by atoms with Crippen molar-refractivity contribution >= 4 is 11.7 Å². The number of nitrogens with zero attached hydrogens (tertiary/aromatic N) is 2. The van der Waals surface area contributed by atoms with Crippen LogP contribution in [-0.2, 0) is 4.79 Å². The number of rotatable bonds is 5. The van der Waals surface area contributed by atoms with Crippen LogP contribution < -0.4 is 14.8 Å². The fraction of sp³-hybridized carbons (Fsp3) is 0.238. The van der Waals surface area contributed by atoms with E-state index in [2.05, 4.69) is 10.4 Å². The van der Waals surface area contributed by atoms with Gasteiger partial charge in [0, 0.05) is 17.9 Å². The van der Waals surface area contributed by atoms with Gasteiger partial charge in [-0.15, -0.1) is 0 Å². The van der Waals surface area contributed by atoms with Crippen LogP contribution in [0.3, 0.4) is 0 Å². The number of nitrogens with one attached hydrogen (secondary N) is 1. The quantitative estimate of drug-likeness (QED) is 0.709. The number of hydrogen-bond donors (Lipinski definition) is 2. The van der Waals surface area contributed by atoms with Gasteiger partial charge in [0.25, 0.3) is 0 Å². The summed E-state index contributed by atoms with van der Waals surface area (Å²) in [6, 6.07) is 12.7. The van der Waals surface area contributed by atoms with Gasteiger partial charge in [-0.25, -0.2) is 4.68 Å². The zero-order chi connectivity index (χ0) is 19.7. The number of benzene rings is 2. The lowest BCUT2D eigenvalue weighted by atomic mass is 9.87. The number of aromatic nitrogens is 2. The molecule has 7 heteroatoms. The Hall–Kier alpha value is -3.48. The standard InChI is InChI=1S/C21H21N3O4/c1-3-28-19-10-13(4-9-18(19)25)16-11-20(26)23-21-17(16)12-22-24(21)14-5-7-15(27-2)8-6-14/h4-10,12,16,25H,3,11H2,1-2H3,(H,23,26). The molecule has 4 rings (SSSR count). The molecule has 3 aromatic rings. The van der Waals surface area contributed by atoms with Crippen LogP contribution in [0.1, 0.15) is 30.4 Å². The number of amides is 1. The summed E-state index contributed by atoms with van der Waals surface area (Å²) in [4.78, 5) is 12.4. The van der Waals surface area contributed by atoms with E-state index >= 15 is 0 Å². The van der Waals surface area contributed by atoms with Crippen LogP contribution in [0, 0.1) is 0 Å². The largest absolute Gasteiger partial charge is 0.504 e. The van der Waals surface area contributed by atoms with Crippen LogP contribution in [0.4, 0.5) is 5.82 Å². The van der Waals surface area contributed by atoms with Crippen molar-refractivity contribution in [1.82, 2.24) is 9.78 Å². The summed E-state index contributed by atoms with van der Waals surface area (Å²) in [6.45, 7) is 2.31. The Morgan fingerprint density at radius 1 is 1.25 bits per heavy atom. The number of phenols is 1. The minimum absolute atomic E-state index is 0.0833. The average Bonchev–Trinajstić information content (AvgIpc) is 3.13. The zero-order valence-electron chi connectivity index (χ0n) is 15.7. The van der Waals surface area contributed by atoms with Gasteiger partial charge in [-0.3, -0.25) is 4.79 Å². The van der Waals surface area contributed by atoms with Crippen molar-refractivity contribution < 1.29 is 19.4 Å². The third kappa shape index (κ3) is 3.15. The van der Waals surface area contributed by atoms with E-state index in [9.17, 15) is 9.90 Å². The highest BCUT2D eigenvalue weighted by Gasteiger charge is 2.30. The van der Waals surface area contributed by atoms with Gasteiger partial charge in [0.2, 0.25) is 5.91 Å². The Balaban J connectivity index is 1.75. The zero-order valence-corrected chi connectivity index (χ0v) is 15.7. The van der Waals surface area contributed by atoms with E-state index in [4.69, 9.17) is 9.47 Å². The van der Waals surface area contributed by atoms with Crippen molar-refractivity contribution in [1.29, 1.82) is 0 Å². The van der Waals surface area contributed by atoms with E-state index in [1.807, 2.05) is 37.3 Å². The molecule has 144 valence electrons. The van der Waals surface area contributed by atoms with Crippen LogP contribution in [0.25, 0.3) is 5.69 Å². The molecule has 0 saturated heterocycles. The molecule has 1 aromatic heterocycles. The van der Waals surface area contributed by atoms with E-state index in [0.29, 0.717) is 24.6 Å². The summed E-state index contributed by atoms with van der Waals surface area (Å²) >= 11 is 0. The molecule has 2 aromatic carbocycles. The smallest absolute Gasteiger partial charge is 0.226 e. The van der Waals surface area contributed by atoms with Crippen molar-refractivity contribution in [2.45, 2.75) is 19.3 Å². The van der Waals surface area contributed by atoms with Crippen molar-refractivity contribution in [2.24, 2.45) is 0 Å². The first-order chi connectivity index (χ1) is 13.6. The first kappa shape index (κ1) is 17.9. The van der Waals surface area contributed by atoms with Gasteiger partial charge in [-0.2, -0.15) is 5.10 Å². The molecule has 0 aliphatic carbocycles. The van der Waals surface area contributed by atoms with Crippen molar-refractivity contribution in [3.8, 4) is 22.9 Å². The van der Waals surface area contributed by atoms with Crippen molar-refractivity contribution in [3.63, 3.8) is 0 Å². The van der Waals surface area contributed by atoms with Gasteiger partial charge in [0.1, 0.15) is 11.6 Å². The second-order valence-electron chi connectivity index (χ2n) is 6.52. The molecule has 7 nitrogen and oxygen atoms in total. The number of aromatic hydroxyl groups is 1. The van der Waals surface area contributed by atoms with Crippen molar-refractivity contribution in [2.75, 3.05) is 19.0 Å². The molecule has 0 saturated carbocycles. The maximum absolute atomic E-state index is 12.4. The van der Waals surface area contributed by atoms with E-state index in [1.54, 1.807) is 30.1 Å². The molecule has 28 heavy (non-hydrogen) atoms. The molecule has 1 aliphatic rings. The summed E-state index contributed by atoms with van der Waals surface area (Å²) in [5.41, 5.74) is 2.64. The number of methoxy groups -OCH3 is 1.